The number of methoxy groups -OCH3 is 2. The van der Waals surface area contributed by atoms with Crippen LogP contribution in [0.15, 0.2) is 48.5 Å². The van der Waals surface area contributed by atoms with Gasteiger partial charge in [0.1, 0.15) is 17.3 Å². The van der Waals surface area contributed by atoms with E-state index >= 15 is 0 Å². The van der Waals surface area contributed by atoms with E-state index in [1.54, 1.807) is 20.3 Å². The van der Waals surface area contributed by atoms with Gasteiger partial charge in [-0.15, -0.1) is 0 Å². The van der Waals surface area contributed by atoms with Gasteiger partial charge in [-0.1, -0.05) is 13.0 Å². The lowest BCUT2D eigenvalue weighted by atomic mass is 9.91. The van der Waals surface area contributed by atoms with Gasteiger partial charge in [-0.25, -0.2) is 8.78 Å². The minimum atomic E-state index is -0.621. The second-order valence-electron chi connectivity index (χ2n) is 11.1. The molecule has 43 heavy (non-hydrogen) atoms. The van der Waals surface area contributed by atoms with Gasteiger partial charge < -0.3 is 30.3 Å². The number of halogens is 2. The number of nitrogens with zero attached hydrogens (tertiary/aromatic N) is 3. The zero-order valence-electron chi connectivity index (χ0n) is 24.9. The molecule has 1 amide bonds. The summed E-state index contributed by atoms with van der Waals surface area (Å²) < 4.78 is 39.0. The van der Waals surface area contributed by atoms with Gasteiger partial charge in [0, 0.05) is 63.5 Å². The number of H-pyrrole nitrogens is 1. The topological polar surface area (TPSA) is 109 Å². The second-order valence-corrected chi connectivity index (χ2v) is 11.1. The highest BCUT2D eigenvalue weighted by atomic mass is 19.1. The summed E-state index contributed by atoms with van der Waals surface area (Å²) in [6, 6.07) is 12.8. The zero-order chi connectivity index (χ0) is 30.7. The van der Waals surface area contributed by atoms with Crippen molar-refractivity contribution in [2.24, 2.45) is 5.73 Å². The van der Waals surface area contributed by atoms with Crippen LogP contribution in [-0.4, -0.2) is 87.7 Å². The number of benzene rings is 3. The van der Waals surface area contributed by atoms with Gasteiger partial charge in [-0.2, -0.15) is 5.10 Å². The van der Waals surface area contributed by atoms with Gasteiger partial charge in [0.15, 0.2) is 0 Å². The number of nitrogens with two attached hydrogens (primary N) is 1. The molecule has 1 aliphatic heterocycles. The maximum Gasteiger partial charge on any atom is 0.250 e. The molecule has 0 saturated carbocycles. The summed E-state index contributed by atoms with van der Waals surface area (Å²) in [7, 11) is 5.31. The predicted octanol–water partition coefficient (Wildman–Crippen LogP) is 4.58. The van der Waals surface area contributed by atoms with Gasteiger partial charge in [0.25, 0.3) is 5.91 Å². The van der Waals surface area contributed by atoms with Crippen LogP contribution in [0.2, 0.25) is 0 Å². The molecule has 3 aromatic carbocycles. The Hall–Kier alpha value is -4.06. The molecule has 1 aromatic heterocycles. The van der Waals surface area contributed by atoms with E-state index in [0.717, 1.165) is 60.0 Å². The first-order valence-corrected chi connectivity index (χ1v) is 14.3. The number of piperazine rings is 1. The summed E-state index contributed by atoms with van der Waals surface area (Å²) in [4.78, 5) is 17.4. The molecule has 1 aliphatic rings. The van der Waals surface area contributed by atoms with E-state index in [9.17, 15) is 13.6 Å². The fraction of sp³-hybridized carbons (Fsp3) is 0.375. The molecule has 0 aliphatic carbocycles. The Morgan fingerprint density at radius 3 is 2.30 bits per heavy atom. The van der Waals surface area contributed by atoms with Crippen molar-refractivity contribution in [1.82, 2.24) is 15.1 Å². The number of primary amides is 1. The van der Waals surface area contributed by atoms with E-state index < -0.39 is 17.5 Å². The summed E-state index contributed by atoms with van der Waals surface area (Å²) in [6.45, 7) is 5.90. The van der Waals surface area contributed by atoms with Crippen LogP contribution in [0, 0.1) is 11.6 Å². The third-order valence-electron chi connectivity index (χ3n) is 8.09. The van der Waals surface area contributed by atoms with E-state index in [4.69, 9.17) is 20.3 Å². The molecule has 228 valence electrons. The Kier molecular flexibility index (Phi) is 9.24. The number of carbonyl (C=O) groups excluding carboxylic acids is 1. The fourth-order valence-corrected chi connectivity index (χ4v) is 5.74. The van der Waals surface area contributed by atoms with Gasteiger partial charge >= 0.3 is 0 Å². The van der Waals surface area contributed by atoms with E-state index in [1.807, 2.05) is 31.2 Å². The van der Waals surface area contributed by atoms with E-state index in [0.29, 0.717) is 35.7 Å². The smallest absolute Gasteiger partial charge is 0.250 e. The monoisotopic (exact) mass is 592 g/mol. The van der Waals surface area contributed by atoms with Crippen molar-refractivity contribution in [3.05, 3.63) is 76.9 Å². The van der Waals surface area contributed by atoms with Crippen LogP contribution >= 0.6 is 0 Å². The fourth-order valence-electron chi connectivity index (χ4n) is 5.74. The van der Waals surface area contributed by atoms with Crippen molar-refractivity contribution in [3.8, 4) is 11.3 Å². The van der Waals surface area contributed by atoms with Crippen LogP contribution in [0.3, 0.4) is 0 Å². The maximum absolute atomic E-state index is 14.1. The second kappa shape index (κ2) is 13.1. The van der Waals surface area contributed by atoms with Crippen molar-refractivity contribution in [1.29, 1.82) is 0 Å². The number of rotatable bonds is 11. The van der Waals surface area contributed by atoms with Crippen molar-refractivity contribution in [3.63, 3.8) is 0 Å². The molecular weight excluding hydrogens is 554 g/mol. The first-order valence-electron chi connectivity index (χ1n) is 14.3. The number of aromatic amines is 1. The maximum atomic E-state index is 14.1. The highest BCUT2D eigenvalue weighted by molar-refractivity contribution is 6.08. The first-order chi connectivity index (χ1) is 20.7. The standard InChI is InChI=1S/C32H38F2N6O3/c1-19(21-13-22(33)16-23(34)14-21)20-5-7-27-26(15-20)31(38-37-27)29-28(40-11-9-39(2)10-12-40)8-6-25(32(35)41)30(29)36-24(17-42-3)18-43-4/h5-8,13-16,19,24,36H,9-12,17-18H2,1-4H3,(H2,35,41)(H,37,38). The largest absolute Gasteiger partial charge is 0.382 e. The molecule has 0 bridgehead atoms. The number of nitrogens with one attached hydrogen (secondary N) is 2. The molecule has 4 N–H and O–H groups in total. The van der Waals surface area contributed by atoms with Crippen LogP contribution in [0.25, 0.3) is 22.2 Å². The van der Waals surface area contributed by atoms with E-state index in [-0.39, 0.29) is 12.0 Å². The Balaban J connectivity index is 1.71. The van der Waals surface area contributed by atoms with Gasteiger partial charge in [-0.05, 0) is 54.6 Å². The molecule has 0 radical (unpaired) electrons. The Bertz CT molecular complexity index is 1580. The van der Waals surface area contributed by atoms with Crippen molar-refractivity contribution in [2.45, 2.75) is 18.9 Å². The summed E-state index contributed by atoms with van der Waals surface area (Å²) in [6.07, 6.45) is 0. The quantitative estimate of drug-likeness (QED) is 0.234. The van der Waals surface area contributed by atoms with Crippen molar-refractivity contribution < 1.29 is 23.0 Å². The highest BCUT2D eigenvalue weighted by Crippen LogP contribution is 2.43. The molecule has 2 heterocycles. The minimum Gasteiger partial charge on any atom is -0.382 e. The minimum absolute atomic E-state index is 0.279. The number of hydrogen-bond donors (Lipinski definition) is 3. The molecule has 0 spiro atoms. The number of likely N-dealkylation sites (N-methyl/N-ethyl adjacent to an activating group) is 1. The first kappa shape index (κ1) is 30.4. The molecule has 4 aromatic rings. The summed E-state index contributed by atoms with van der Waals surface area (Å²) in [5, 5.41) is 12.2. The number of carbonyl (C=O) groups is 1. The third kappa shape index (κ3) is 6.48. The van der Waals surface area contributed by atoms with Gasteiger partial charge in [0.2, 0.25) is 0 Å². The molecule has 1 fully saturated rings. The van der Waals surface area contributed by atoms with Crippen LogP contribution in [0.4, 0.5) is 20.2 Å². The lowest BCUT2D eigenvalue weighted by Gasteiger charge is -2.36. The van der Waals surface area contributed by atoms with Crippen LogP contribution in [-0.2, 0) is 9.47 Å². The molecule has 1 atom stereocenters. The Labute approximate surface area is 249 Å². The summed E-state index contributed by atoms with van der Waals surface area (Å²) in [5.74, 6) is -2.12. The number of hydrogen-bond acceptors (Lipinski definition) is 7. The van der Waals surface area contributed by atoms with Crippen LogP contribution < -0.4 is 16.0 Å². The molecule has 9 nitrogen and oxygen atoms in total. The number of anilines is 2. The molecule has 11 heteroatoms. The SMILES string of the molecule is COCC(COC)Nc1c(C(N)=O)ccc(N2CCN(C)CC2)c1-c1n[nH]c2ccc(C(C)c3cc(F)cc(F)c3)cc12. The zero-order valence-corrected chi connectivity index (χ0v) is 24.9. The average molecular weight is 593 g/mol. The van der Waals surface area contributed by atoms with Gasteiger partial charge in [-0.3, -0.25) is 9.89 Å². The molecule has 1 saturated heterocycles. The summed E-state index contributed by atoms with van der Waals surface area (Å²) in [5.41, 5.74) is 11.2. The van der Waals surface area contributed by atoms with Crippen LogP contribution in [0.5, 0.6) is 0 Å². The third-order valence-corrected chi connectivity index (χ3v) is 8.09. The highest BCUT2D eigenvalue weighted by Gasteiger charge is 2.28. The van der Waals surface area contributed by atoms with Crippen molar-refractivity contribution in [2.75, 3.05) is 70.9 Å². The van der Waals surface area contributed by atoms with Gasteiger partial charge in [0.05, 0.1) is 41.6 Å². The van der Waals surface area contributed by atoms with E-state index in [2.05, 4.69) is 27.3 Å². The van der Waals surface area contributed by atoms with Crippen molar-refractivity contribution >= 4 is 28.2 Å². The number of amides is 1. The molecule has 1 unspecified atom stereocenters. The Morgan fingerprint density at radius 1 is 1.00 bits per heavy atom. The number of ether oxygens (including phenoxy) is 2. The number of aromatic nitrogens is 2. The summed E-state index contributed by atoms with van der Waals surface area (Å²) >= 11 is 0. The lowest BCUT2D eigenvalue weighted by molar-refractivity contribution is 0.1000. The predicted molar refractivity (Wildman–Crippen MR) is 165 cm³/mol. The normalized spacial score (nSPS) is 14.9. The Morgan fingerprint density at radius 2 is 1.67 bits per heavy atom. The van der Waals surface area contributed by atoms with E-state index in [1.165, 1.54) is 12.1 Å². The lowest BCUT2D eigenvalue weighted by Crippen LogP contribution is -2.44. The average Bonchev–Trinajstić information content (AvgIpc) is 3.39. The number of fused-ring (bicyclic) bond motifs is 1. The molecular formula is C32H38F2N6O3. The van der Waals surface area contributed by atoms with Crippen LogP contribution in [0.1, 0.15) is 34.3 Å². The molecule has 5 rings (SSSR count).